The molecular weight excluding hydrogens is 143 g/mol. The van der Waals surface area contributed by atoms with Crippen molar-refractivity contribution in [3.05, 3.63) is 30.3 Å². The third-order valence-corrected chi connectivity index (χ3v) is 0.756. The van der Waals surface area contributed by atoms with Gasteiger partial charge in [0.05, 0.1) is 0 Å². The fraction of sp³-hybridized carbons (Fsp3) is 0.143. The number of phenols is 1. The standard InChI is InChI=1S/C6H6O.CH3B.2H2O/c7-6-4-2-1-3-5-6;1-2;;/h1-5,7H;1H3;2*1H2/q;+2;;/p-2. The Morgan fingerprint density at radius 3 is 1.55 bits per heavy atom. The van der Waals surface area contributed by atoms with Crippen LogP contribution in [0.25, 0.3) is 0 Å². The van der Waals surface area contributed by atoms with Crippen LogP contribution >= 0.6 is 0 Å². The topological polar surface area (TPSA) is 80.2 Å². The molecule has 3 N–H and O–H groups in total. The molecule has 1 aromatic rings. The van der Waals surface area contributed by atoms with Gasteiger partial charge in [-0.15, -0.1) is 0 Å². The molecule has 0 atom stereocenters. The summed E-state index contributed by atoms with van der Waals surface area (Å²) in [4.78, 5) is 0. The minimum Gasteiger partial charge on any atom is -0.870 e. The van der Waals surface area contributed by atoms with E-state index in [0.717, 1.165) is 0 Å². The van der Waals surface area contributed by atoms with Gasteiger partial charge < -0.3 is 16.1 Å². The molecule has 0 bridgehead atoms. The average Bonchev–Trinajstić information content (AvgIpc) is 1.94. The van der Waals surface area contributed by atoms with Crippen molar-refractivity contribution in [3.8, 4) is 5.75 Å². The second-order valence-corrected chi connectivity index (χ2v) is 1.34. The first kappa shape index (κ1) is 16.5. The van der Waals surface area contributed by atoms with Crippen LogP contribution in [0.3, 0.4) is 0 Å². The van der Waals surface area contributed by atoms with Gasteiger partial charge in [0.15, 0.2) is 0 Å². The van der Waals surface area contributed by atoms with Crippen LogP contribution in [0.15, 0.2) is 30.3 Å². The van der Waals surface area contributed by atoms with Crippen molar-refractivity contribution in [1.29, 1.82) is 0 Å². The summed E-state index contributed by atoms with van der Waals surface area (Å²) >= 11 is 0. The Bertz CT molecular complexity index is 144. The van der Waals surface area contributed by atoms with E-state index in [-0.39, 0.29) is 11.0 Å². The molecule has 0 aliphatic heterocycles. The van der Waals surface area contributed by atoms with Crippen LogP contribution in [0.1, 0.15) is 0 Å². The molecule has 0 fully saturated rings. The predicted molar refractivity (Wildman–Crippen MR) is 43.6 cm³/mol. The molecule has 4 heteroatoms. The molecule has 0 spiro atoms. The molecule has 1 rings (SSSR count). The van der Waals surface area contributed by atoms with Gasteiger partial charge in [-0.25, -0.2) is 0 Å². The van der Waals surface area contributed by atoms with Gasteiger partial charge in [-0.2, -0.15) is 0 Å². The van der Waals surface area contributed by atoms with Gasteiger partial charge in [0.1, 0.15) is 5.75 Å². The minimum atomic E-state index is 0. The van der Waals surface area contributed by atoms with Gasteiger partial charge in [0.2, 0.25) is 0 Å². The van der Waals surface area contributed by atoms with Crippen molar-refractivity contribution in [3.63, 3.8) is 0 Å². The van der Waals surface area contributed by atoms with Crippen LogP contribution < -0.4 is 0 Å². The summed E-state index contributed by atoms with van der Waals surface area (Å²) in [7, 11) is 4.50. The fourth-order valence-corrected chi connectivity index (χ4v) is 0.428. The Balaban J connectivity index is -0.000000149. The van der Waals surface area contributed by atoms with E-state index in [9.17, 15) is 0 Å². The first-order chi connectivity index (χ1) is 4.39. The van der Waals surface area contributed by atoms with Gasteiger partial charge in [-0.1, -0.05) is 18.2 Å². The van der Waals surface area contributed by atoms with Crippen molar-refractivity contribution in [1.82, 2.24) is 0 Å². The Morgan fingerprint density at radius 1 is 1.00 bits per heavy atom. The third-order valence-electron chi connectivity index (χ3n) is 0.756. The van der Waals surface area contributed by atoms with Crippen LogP contribution in [-0.2, 0) is 0 Å². The van der Waals surface area contributed by atoms with Crippen LogP contribution in [0.4, 0.5) is 0 Å². The molecule has 0 aromatic heterocycles. The molecule has 0 aliphatic rings. The number of benzene rings is 1. The van der Waals surface area contributed by atoms with E-state index >= 15 is 0 Å². The van der Waals surface area contributed by atoms with Crippen molar-refractivity contribution in [2.75, 3.05) is 0 Å². The monoisotopic (exact) mass is 154 g/mol. The van der Waals surface area contributed by atoms with E-state index in [2.05, 4.69) is 7.85 Å². The van der Waals surface area contributed by atoms with Crippen molar-refractivity contribution in [2.24, 2.45) is 0 Å². The van der Waals surface area contributed by atoms with E-state index in [1.165, 1.54) is 6.82 Å². The molecular formula is C7H11BO3. The molecule has 0 radical (unpaired) electrons. The first-order valence-corrected chi connectivity index (χ1v) is 2.71. The molecule has 0 saturated heterocycles. The second-order valence-electron chi connectivity index (χ2n) is 1.34. The Hall–Kier alpha value is -0.995. The van der Waals surface area contributed by atoms with Crippen molar-refractivity contribution in [2.45, 2.75) is 6.82 Å². The first-order valence-electron chi connectivity index (χ1n) is 2.71. The van der Waals surface area contributed by atoms with Crippen molar-refractivity contribution >= 4 is 7.85 Å². The van der Waals surface area contributed by atoms with Gasteiger partial charge in [0, 0.05) is 0 Å². The molecule has 0 amide bonds. The summed E-state index contributed by atoms with van der Waals surface area (Å²) in [5, 5.41) is 8.63. The van der Waals surface area contributed by atoms with Crippen LogP contribution in [0.2, 0.25) is 6.82 Å². The largest absolute Gasteiger partial charge is 0.870 e. The zero-order chi connectivity index (χ0) is 7.11. The SMILES string of the molecule is Oc1ccccc1.[B+2]C.[OH-].[OH-]. The Labute approximate surface area is 67.7 Å². The minimum absolute atomic E-state index is 0. The molecule has 0 aliphatic carbocycles. The van der Waals surface area contributed by atoms with E-state index in [1.807, 2.05) is 6.07 Å². The molecule has 0 unspecified atom stereocenters. The van der Waals surface area contributed by atoms with E-state index < -0.39 is 0 Å². The fourth-order valence-electron chi connectivity index (χ4n) is 0.428. The number of aromatic hydroxyl groups is 1. The molecule has 0 saturated carbocycles. The summed E-state index contributed by atoms with van der Waals surface area (Å²) in [5.41, 5.74) is 0. The summed E-state index contributed by atoms with van der Waals surface area (Å²) in [6, 6.07) is 8.71. The second kappa shape index (κ2) is 11.8. The Kier molecular flexibility index (Phi) is 17.7. The van der Waals surface area contributed by atoms with Gasteiger partial charge in [-0.3, -0.25) is 0 Å². The van der Waals surface area contributed by atoms with Gasteiger partial charge in [0.25, 0.3) is 0 Å². The maximum absolute atomic E-state index is 8.63. The number of para-hydroxylation sites is 1. The number of hydrogen-bond acceptors (Lipinski definition) is 3. The van der Waals surface area contributed by atoms with Crippen molar-refractivity contribution < 1.29 is 16.1 Å². The maximum Gasteiger partial charge on any atom is -0.870 e. The van der Waals surface area contributed by atoms with Crippen LogP contribution in [0, 0.1) is 0 Å². The summed E-state index contributed by atoms with van der Waals surface area (Å²) in [6.45, 7) is 1.50. The van der Waals surface area contributed by atoms with E-state index in [1.54, 1.807) is 24.3 Å². The van der Waals surface area contributed by atoms with Gasteiger partial charge in [-0.05, 0) is 12.1 Å². The number of phenolic OH excluding ortho intramolecular Hbond substituents is 1. The zero-order valence-electron chi connectivity index (χ0n) is 6.31. The van der Waals surface area contributed by atoms with Gasteiger partial charge >= 0.3 is 14.7 Å². The van der Waals surface area contributed by atoms with E-state index in [4.69, 9.17) is 5.11 Å². The number of rotatable bonds is 0. The molecule has 1 aromatic carbocycles. The third kappa shape index (κ3) is 9.00. The summed E-state index contributed by atoms with van der Waals surface area (Å²) < 4.78 is 0. The average molecular weight is 154 g/mol. The van der Waals surface area contributed by atoms with E-state index in [0.29, 0.717) is 5.75 Å². The zero-order valence-corrected chi connectivity index (χ0v) is 6.31. The quantitative estimate of drug-likeness (QED) is 0.570. The molecule has 60 valence electrons. The van der Waals surface area contributed by atoms with Crippen LogP contribution in [-0.4, -0.2) is 23.9 Å². The van der Waals surface area contributed by atoms with Crippen LogP contribution in [0.5, 0.6) is 5.75 Å². The Morgan fingerprint density at radius 2 is 1.36 bits per heavy atom. The normalized spacial score (nSPS) is 6.09. The molecule has 3 nitrogen and oxygen atoms in total. The molecule has 0 heterocycles. The summed E-state index contributed by atoms with van der Waals surface area (Å²) in [6.07, 6.45) is 0. The predicted octanol–water partition coefficient (Wildman–Crippen LogP) is 1.24. The maximum atomic E-state index is 8.63. The molecule has 11 heavy (non-hydrogen) atoms. The number of hydrogen-bond donors (Lipinski definition) is 1. The summed E-state index contributed by atoms with van der Waals surface area (Å²) in [5.74, 6) is 0.322. The smallest absolute Gasteiger partial charge is 0.870 e.